The first kappa shape index (κ1) is 118. The molecule has 15 aliphatic rings. The van der Waals surface area contributed by atoms with Crippen LogP contribution in [0, 0.1) is 142 Å². The largest absolute Gasteiger partial charge is 0.465 e. The minimum absolute atomic E-state index is 0.0175. The predicted octanol–water partition coefficient (Wildman–Crippen LogP) is 16.6. The summed E-state index contributed by atoms with van der Waals surface area (Å²) < 4.78 is 89.6. The second-order valence-electron chi connectivity index (χ2n) is 47.9. The molecule has 0 aromatic rings. The second-order valence-corrected chi connectivity index (χ2v) is 47.9. The number of carbonyl (C=O) groups is 16. The number of hydrogen-bond donors (Lipinski definition) is 0. The topological polar surface area (TPSA) is 430 Å². The van der Waals surface area contributed by atoms with Gasteiger partial charge < -0.3 is 80.5 Å². The van der Waals surface area contributed by atoms with E-state index in [-0.39, 0.29) is 80.5 Å². The van der Waals surface area contributed by atoms with Gasteiger partial charge in [0.2, 0.25) is 18.3 Å². The molecule has 16 atom stereocenters. The number of hydrogen-bond acceptors (Lipinski definition) is 33. The summed E-state index contributed by atoms with van der Waals surface area (Å²) in [7, 11) is 0. The highest BCUT2D eigenvalue weighted by molar-refractivity contribution is 5.88. The van der Waals surface area contributed by atoms with Crippen LogP contribution in [-0.4, -0.2) is 199 Å². The van der Waals surface area contributed by atoms with Gasteiger partial charge in [-0.1, -0.05) is 96.9 Å². The van der Waals surface area contributed by atoms with Crippen molar-refractivity contribution in [2.45, 2.75) is 407 Å². The molecule has 12 bridgehead atoms. The predicted molar refractivity (Wildman–Crippen MR) is 508 cm³/mol. The van der Waals surface area contributed by atoms with Crippen molar-refractivity contribution in [2.75, 3.05) is 33.0 Å². The zero-order valence-electron chi connectivity index (χ0n) is 89.7. The maximum absolute atomic E-state index is 12.7. The van der Waals surface area contributed by atoms with Crippen molar-refractivity contribution in [1.29, 1.82) is 0 Å². The van der Waals surface area contributed by atoms with E-state index < -0.39 is 195 Å². The number of cyclic esters (lactones) is 3. The van der Waals surface area contributed by atoms with Crippen molar-refractivity contribution in [3.8, 4) is 0 Å². The third-order valence-electron chi connectivity index (χ3n) is 29.4. The minimum atomic E-state index is -0.937. The van der Waals surface area contributed by atoms with Gasteiger partial charge in [-0.05, 0) is 286 Å². The highest BCUT2D eigenvalue weighted by Crippen LogP contribution is 2.59. The third kappa shape index (κ3) is 35.5. The zero-order chi connectivity index (χ0) is 105. The van der Waals surface area contributed by atoms with Crippen LogP contribution in [0.4, 0.5) is 0 Å². The van der Waals surface area contributed by atoms with Crippen LogP contribution < -0.4 is 0 Å². The Labute approximate surface area is 830 Å². The molecule has 15 rings (SSSR count). The second kappa shape index (κ2) is 49.8. The van der Waals surface area contributed by atoms with Gasteiger partial charge in [-0.3, -0.25) is 62.3 Å². The fourth-order valence-electron chi connectivity index (χ4n) is 21.2. The van der Waals surface area contributed by atoms with Crippen LogP contribution in [0.2, 0.25) is 0 Å². The minimum Gasteiger partial charge on any atom is -0.465 e. The normalized spacial score (nSPS) is 29.5. The van der Waals surface area contributed by atoms with Crippen LogP contribution in [-0.2, 0) is 157 Å². The van der Waals surface area contributed by atoms with Gasteiger partial charge in [-0.25, -0.2) is 14.4 Å². The number of ether oxygens (including phenoxy) is 17. The Morgan fingerprint density at radius 3 is 0.900 bits per heavy atom. The van der Waals surface area contributed by atoms with Crippen molar-refractivity contribution in [3.63, 3.8) is 0 Å². The van der Waals surface area contributed by atoms with Gasteiger partial charge in [0.1, 0.15) is 59.0 Å². The molecule has 3 heterocycles. The Balaban J connectivity index is 0.000000229. The van der Waals surface area contributed by atoms with E-state index in [9.17, 15) is 76.7 Å². The van der Waals surface area contributed by atoms with Crippen LogP contribution in [0.5, 0.6) is 0 Å². The van der Waals surface area contributed by atoms with Crippen LogP contribution in [0.25, 0.3) is 0 Å². The summed E-state index contributed by atoms with van der Waals surface area (Å²) in [5.74, 6) is -6.71. The Morgan fingerprint density at radius 1 is 0.329 bits per heavy atom. The summed E-state index contributed by atoms with van der Waals surface area (Å²) in [6.07, 6.45) is 17.0. The fraction of sp³-hybridized carbons (Fsp3) is 0.850. The first-order chi connectivity index (χ1) is 64.6. The van der Waals surface area contributed by atoms with E-state index in [0.29, 0.717) is 43.1 Å². The summed E-state index contributed by atoms with van der Waals surface area (Å²) in [5, 5.41) is 0. The summed E-state index contributed by atoms with van der Waals surface area (Å²) in [6, 6.07) is 0. The number of rotatable bonds is 30. The van der Waals surface area contributed by atoms with E-state index in [1.165, 1.54) is 83.5 Å². The van der Waals surface area contributed by atoms with Gasteiger partial charge in [-0.15, -0.1) is 0 Å². The monoisotopic (exact) mass is 1980 g/mol. The first-order valence-electron chi connectivity index (χ1n) is 51.4. The fourth-order valence-corrected chi connectivity index (χ4v) is 21.2. The SMILES string of the molecule is CC(C(=O)OC(C)(C)C)C(C)C(=O)OC12CC3CC(CC(C3)C1)C2.CC(C(=O)OC1C(=O)OCC1(C)C)C(C)C(=O)OC(C)(C)C.CC(C(=O)OC1C2CC3CC(C2)CC1C3)C(C)C(=O)OC(C)(C)C.CC(C(=O)OC1CCOC1=O)C(C)C(=O)OC(C)(C)C.CC(C(=O)OCCC(=O)OC1C2CC3CC(C2)CC1C3)C(C)C(=O)OC(C)(C)C.CCOC(C)OC(=O)C(C)C(C)C(=O)OC1CCOC1=O. The molecular formula is C107H170O33. The smallest absolute Gasteiger partial charge is 0.348 e. The lowest BCUT2D eigenvalue weighted by Gasteiger charge is -2.55. The maximum Gasteiger partial charge on any atom is 0.348 e. The van der Waals surface area contributed by atoms with Gasteiger partial charge in [0.05, 0.1) is 90.6 Å². The lowest BCUT2D eigenvalue weighted by atomic mass is 9.54. The summed E-state index contributed by atoms with van der Waals surface area (Å²) >= 11 is 0. The van der Waals surface area contributed by atoms with E-state index in [1.54, 1.807) is 173 Å². The van der Waals surface area contributed by atoms with Crippen molar-refractivity contribution < 1.29 is 157 Å². The molecule has 0 spiro atoms. The van der Waals surface area contributed by atoms with Crippen LogP contribution in [0.1, 0.15) is 337 Å². The van der Waals surface area contributed by atoms with E-state index in [4.69, 9.17) is 80.5 Å². The number of carbonyl (C=O) groups excluding carboxylic acids is 16. The van der Waals surface area contributed by atoms with Crippen molar-refractivity contribution in [1.82, 2.24) is 0 Å². The van der Waals surface area contributed by atoms with E-state index in [1.807, 2.05) is 41.5 Å². The van der Waals surface area contributed by atoms with Crippen molar-refractivity contribution >= 4 is 95.5 Å². The molecule has 0 aromatic carbocycles. The standard InChI is InChI=1S/C23H36O6.2C20H32O4.C16H26O6.C14H22O7.C14H22O6/c1-13(14(2)22(26)29-23(3,4)5)21(25)27-7-6-19(24)28-20-17-9-15-8-16(11-17)12-18(20)10-15;1-12(17(21)23-19(3,4)5)13(2)18(22)24-20-9-14-6-15(10-20)8-16(7-14)11-20;1-11(12(2)19(22)24-20(3,4)5)18(21)23-17-15-7-13-6-14(9-15)10-16(17)8-13;1-9(10(2)13(18)22-15(3,4)5)12(17)21-11-14(19)20-8-16(11,6)7;1-5-18-10(4)20-12(15)8(2)9(3)13(16)21-11-6-7-19-14(11)17;1-8(9(2)12(16)20-14(3,4)5)11(15)19-10-6-7-18-13(10)17/h13-18,20H,6-12H2,1-5H3;12-16H,6-11H2,1-5H3;11-17H,6-10H2,1-5H3;9-11H,8H2,1-7H3;8-11H,5-7H2,1-4H3;8-10H,6-7H2,1-5H3. The Morgan fingerprint density at radius 2 is 0.607 bits per heavy atom. The molecule has 0 amide bonds. The van der Waals surface area contributed by atoms with Crippen molar-refractivity contribution in [3.05, 3.63) is 0 Å². The van der Waals surface area contributed by atoms with Gasteiger partial charge in [0, 0.05) is 24.9 Å². The average molecular weight is 1980 g/mol. The van der Waals surface area contributed by atoms with Gasteiger partial charge >= 0.3 is 95.5 Å². The summed E-state index contributed by atoms with van der Waals surface area (Å²) in [5.41, 5.74) is -3.70. The highest BCUT2D eigenvalue weighted by Gasteiger charge is 2.56. The summed E-state index contributed by atoms with van der Waals surface area (Å²) in [4.78, 5) is 192. The van der Waals surface area contributed by atoms with E-state index >= 15 is 0 Å². The van der Waals surface area contributed by atoms with E-state index in [0.717, 1.165) is 60.7 Å². The molecule has 140 heavy (non-hydrogen) atoms. The molecule has 33 heteroatoms. The average Bonchev–Trinajstić information content (AvgIpc) is 0.910. The molecule has 12 aliphatic carbocycles. The molecule has 796 valence electrons. The van der Waals surface area contributed by atoms with Gasteiger partial charge in [0.25, 0.3) is 0 Å². The highest BCUT2D eigenvalue weighted by atomic mass is 16.7. The van der Waals surface area contributed by atoms with Crippen molar-refractivity contribution in [2.24, 2.45) is 142 Å². The lowest BCUT2D eigenvalue weighted by Crippen LogP contribution is -2.53. The Hall–Kier alpha value is -8.52. The molecule has 0 N–H and O–H groups in total. The molecule has 3 saturated heterocycles. The van der Waals surface area contributed by atoms with Gasteiger partial charge in [0.15, 0.2) is 6.29 Å². The molecule has 0 radical (unpaired) electrons. The van der Waals surface area contributed by atoms with Crippen LogP contribution >= 0.6 is 0 Å². The van der Waals surface area contributed by atoms with Crippen LogP contribution in [0.15, 0.2) is 0 Å². The quantitative estimate of drug-likeness (QED) is 0.0366. The summed E-state index contributed by atoms with van der Waals surface area (Å²) in [6.45, 7) is 55.0. The third-order valence-corrected chi connectivity index (χ3v) is 29.4. The molecule has 15 fully saturated rings. The molecule has 0 aromatic heterocycles. The zero-order valence-corrected chi connectivity index (χ0v) is 89.7. The number of esters is 16. The molecule has 12 saturated carbocycles. The van der Waals surface area contributed by atoms with Crippen LogP contribution in [0.3, 0.4) is 0 Å². The Bertz CT molecular complexity index is 4180. The van der Waals surface area contributed by atoms with Gasteiger partial charge in [-0.2, -0.15) is 0 Å². The maximum atomic E-state index is 12.7. The molecule has 33 nitrogen and oxygen atoms in total. The lowest BCUT2D eigenvalue weighted by molar-refractivity contribution is -0.194. The molecule has 3 aliphatic heterocycles. The Kier molecular flexibility index (Phi) is 42.2. The molecule has 16 unspecified atom stereocenters. The van der Waals surface area contributed by atoms with E-state index in [2.05, 4.69) is 0 Å². The first-order valence-corrected chi connectivity index (χ1v) is 51.4. The molecular weight excluding hydrogens is 1810 g/mol.